The Morgan fingerprint density at radius 3 is 2.55 bits per heavy atom. The van der Waals surface area contributed by atoms with Crippen molar-refractivity contribution in [1.82, 2.24) is 5.32 Å². The summed E-state index contributed by atoms with van der Waals surface area (Å²) in [4.78, 5) is 34.7. The van der Waals surface area contributed by atoms with E-state index in [1.165, 1.54) is 11.8 Å². The Bertz CT molecular complexity index is 528. The van der Waals surface area contributed by atoms with Gasteiger partial charge in [-0.1, -0.05) is 18.7 Å². The van der Waals surface area contributed by atoms with Crippen LogP contribution >= 0.6 is 11.8 Å². The standard InChI is InChI=1S/C14H16N2O3S/c1-2-12(17)15-10-5-3-9(4-6-10)13(18)16-11-7-8-20-14(11)19/h3-6,11H,2,7-8H2,1H3,(H,15,17)(H,16,18). The van der Waals surface area contributed by atoms with Crippen LogP contribution in [0.1, 0.15) is 30.1 Å². The van der Waals surface area contributed by atoms with Crippen molar-refractivity contribution in [2.75, 3.05) is 11.1 Å². The average molecular weight is 292 g/mol. The van der Waals surface area contributed by atoms with Gasteiger partial charge in [-0.2, -0.15) is 0 Å². The molecule has 0 spiro atoms. The Kier molecular flexibility index (Phi) is 4.79. The molecule has 0 bridgehead atoms. The zero-order chi connectivity index (χ0) is 14.5. The Balaban J connectivity index is 1.96. The number of amides is 2. The molecule has 1 saturated heterocycles. The first-order chi connectivity index (χ1) is 9.60. The van der Waals surface area contributed by atoms with Crippen LogP contribution < -0.4 is 10.6 Å². The van der Waals surface area contributed by atoms with Gasteiger partial charge >= 0.3 is 0 Å². The molecule has 2 amide bonds. The van der Waals surface area contributed by atoms with Crippen molar-refractivity contribution in [2.45, 2.75) is 25.8 Å². The van der Waals surface area contributed by atoms with Crippen LogP contribution in [0.2, 0.25) is 0 Å². The van der Waals surface area contributed by atoms with Crippen LogP contribution in [0.15, 0.2) is 24.3 Å². The van der Waals surface area contributed by atoms with E-state index in [2.05, 4.69) is 10.6 Å². The van der Waals surface area contributed by atoms with Crippen LogP contribution in [0.3, 0.4) is 0 Å². The third kappa shape index (κ3) is 3.60. The fraction of sp³-hybridized carbons (Fsp3) is 0.357. The molecule has 1 atom stereocenters. The minimum Gasteiger partial charge on any atom is -0.341 e. The minimum atomic E-state index is -0.382. The second kappa shape index (κ2) is 6.56. The molecule has 0 aliphatic carbocycles. The van der Waals surface area contributed by atoms with Crippen molar-refractivity contribution in [3.63, 3.8) is 0 Å². The van der Waals surface area contributed by atoms with Gasteiger partial charge in [-0.15, -0.1) is 0 Å². The summed E-state index contributed by atoms with van der Waals surface area (Å²) in [6.07, 6.45) is 1.09. The molecule has 0 radical (unpaired) electrons. The number of hydrogen-bond donors (Lipinski definition) is 2. The van der Waals surface area contributed by atoms with Gasteiger partial charge in [0.15, 0.2) is 0 Å². The lowest BCUT2D eigenvalue weighted by molar-refractivity contribution is -0.116. The summed E-state index contributed by atoms with van der Waals surface area (Å²) in [6.45, 7) is 1.77. The van der Waals surface area contributed by atoms with Crippen LogP contribution in [0.5, 0.6) is 0 Å². The first-order valence-electron chi connectivity index (χ1n) is 6.47. The Labute approximate surface area is 121 Å². The van der Waals surface area contributed by atoms with Crippen molar-refractivity contribution in [3.05, 3.63) is 29.8 Å². The van der Waals surface area contributed by atoms with Crippen molar-refractivity contribution in [1.29, 1.82) is 0 Å². The summed E-state index contributed by atoms with van der Waals surface area (Å²) in [7, 11) is 0. The first kappa shape index (κ1) is 14.6. The molecule has 1 aromatic rings. The maximum Gasteiger partial charge on any atom is 0.251 e. The lowest BCUT2D eigenvalue weighted by atomic mass is 10.1. The van der Waals surface area contributed by atoms with E-state index in [-0.39, 0.29) is 23.0 Å². The fourth-order valence-electron chi connectivity index (χ4n) is 1.82. The minimum absolute atomic E-state index is 0.0187. The molecule has 1 aromatic carbocycles. The predicted octanol–water partition coefficient (Wildman–Crippen LogP) is 1.80. The normalized spacial score (nSPS) is 17.9. The van der Waals surface area contributed by atoms with E-state index in [1.807, 2.05) is 0 Å². The number of anilines is 1. The van der Waals surface area contributed by atoms with Gasteiger partial charge in [-0.3, -0.25) is 14.4 Å². The Morgan fingerprint density at radius 1 is 1.30 bits per heavy atom. The van der Waals surface area contributed by atoms with Crippen molar-refractivity contribution < 1.29 is 14.4 Å². The van der Waals surface area contributed by atoms with Gasteiger partial charge in [0.1, 0.15) is 0 Å². The van der Waals surface area contributed by atoms with Crippen molar-refractivity contribution in [2.24, 2.45) is 0 Å². The second-order valence-corrected chi connectivity index (χ2v) is 5.56. The van der Waals surface area contributed by atoms with Crippen molar-refractivity contribution >= 4 is 34.4 Å². The van der Waals surface area contributed by atoms with Crippen molar-refractivity contribution in [3.8, 4) is 0 Å². The molecule has 1 aliphatic rings. The zero-order valence-corrected chi connectivity index (χ0v) is 12.0. The summed E-state index contributed by atoms with van der Waals surface area (Å²) in [5.74, 6) is 0.418. The average Bonchev–Trinajstić information content (AvgIpc) is 2.85. The lowest BCUT2D eigenvalue weighted by Crippen LogP contribution is -2.37. The summed E-state index contributed by atoms with van der Waals surface area (Å²) >= 11 is 1.25. The molecule has 1 aliphatic heterocycles. The molecular weight excluding hydrogens is 276 g/mol. The third-order valence-electron chi connectivity index (χ3n) is 2.99. The molecule has 1 heterocycles. The molecular formula is C14H16N2O3S. The highest BCUT2D eigenvalue weighted by atomic mass is 32.2. The number of rotatable bonds is 4. The molecule has 6 heteroatoms. The van der Waals surface area contributed by atoms with Gasteiger partial charge in [-0.05, 0) is 30.7 Å². The van der Waals surface area contributed by atoms with E-state index in [1.54, 1.807) is 31.2 Å². The molecule has 0 aromatic heterocycles. The van der Waals surface area contributed by atoms with Crippen LogP contribution in [0.25, 0.3) is 0 Å². The fourth-order valence-corrected chi connectivity index (χ4v) is 2.76. The highest BCUT2D eigenvalue weighted by Crippen LogP contribution is 2.20. The summed E-state index contributed by atoms with van der Waals surface area (Å²) in [6, 6.07) is 6.23. The van der Waals surface area contributed by atoms with Gasteiger partial charge < -0.3 is 10.6 Å². The van der Waals surface area contributed by atoms with Gasteiger partial charge in [0.25, 0.3) is 5.91 Å². The van der Waals surface area contributed by atoms with E-state index in [0.717, 1.165) is 5.75 Å². The molecule has 106 valence electrons. The zero-order valence-electron chi connectivity index (χ0n) is 11.1. The molecule has 2 N–H and O–H groups in total. The van der Waals surface area contributed by atoms with E-state index >= 15 is 0 Å². The summed E-state index contributed by atoms with van der Waals surface area (Å²) in [5, 5.41) is 5.45. The molecule has 5 nitrogen and oxygen atoms in total. The quantitative estimate of drug-likeness (QED) is 0.887. The molecule has 20 heavy (non-hydrogen) atoms. The van der Waals surface area contributed by atoms with Gasteiger partial charge in [0, 0.05) is 23.4 Å². The number of hydrogen-bond acceptors (Lipinski definition) is 4. The summed E-state index contributed by atoms with van der Waals surface area (Å²) in [5.41, 5.74) is 1.13. The molecule has 1 unspecified atom stereocenters. The monoisotopic (exact) mass is 292 g/mol. The third-order valence-corrected chi connectivity index (χ3v) is 4.00. The summed E-state index contributed by atoms with van der Waals surface area (Å²) < 4.78 is 0. The van der Waals surface area contributed by atoms with Gasteiger partial charge in [0.05, 0.1) is 6.04 Å². The van der Waals surface area contributed by atoms with E-state index < -0.39 is 0 Å². The number of benzene rings is 1. The smallest absolute Gasteiger partial charge is 0.251 e. The molecule has 0 saturated carbocycles. The van der Waals surface area contributed by atoms with Gasteiger partial charge in [0.2, 0.25) is 11.0 Å². The van der Waals surface area contributed by atoms with Crippen LogP contribution in [0.4, 0.5) is 5.69 Å². The Morgan fingerprint density at radius 2 is 2.00 bits per heavy atom. The van der Waals surface area contributed by atoms with Crippen LogP contribution in [-0.2, 0) is 9.59 Å². The number of carbonyl (C=O) groups excluding carboxylic acids is 3. The van der Waals surface area contributed by atoms with Crippen LogP contribution in [-0.4, -0.2) is 28.7 Å². The van der Waals surface area contributed by atoms with E-state index in [4.69, 9.17) is 0 Å². The maximum atomic E-state index is 12.0. The topological polar surface area (TPSA) is 75.3 Å². The van der Waals surface area contributed by atoms with E-state index in [0.29, 0.717) is 24.1 Å². The predicted molar refractivity (Wildman–Crippen MR) is 78.7 cm³/mol. The Hall–Kier alpha value is -1.82. The van der Waals surface area contributed by atoms with Crippen LogP contribution in [0, 0.1) is 0 Å². The lowest BCUT2D eigenvalue weighted by Gasteiger charge is -2.10. The molecule has 2 rings (SSSR count). The number of nitrogens with one attached hydrogen (secondary N) is 2. The number of carbonyl (C=O) groups is 3. The number of thioether (sulfide) groups is 1. The maximum absolute atomic E-state index is 12.0. The largest absolute Gasteiger partial charge is 0.341 e. The second-order valence-electron chi connectivity index (χ2n) is 4.46. The highest BCUT2D eigenvalue weighted by molar-refractivity contribution is 8.14. The SMILES string of the molecule is CCC(=O)Nc1ccc(C(=O)NC2CCSC2=O)cc1. The first-order valence-corrected chi connectivity index (χ1v) is 7.46. The van der Waals surface area contributed by atoms with Gasteiger partial charge in [-0.25, -0.2) is 0 Å². The van der Waals surface area contributed by atoms with E-state index in [9.17, 15) is 14.4 Å². The molecule has 1 fully saturated rings. The highest BCUT2D eigenvalue weighted by Gasteiger charge is 2.26.